The van der Waals surface area contributed by atoms with Gasteiger partial charge in [0.25, 0.3) is 0 Å². The van der Waals surface area contributed by atoms with Crippen LogP contribution < -0.4 is 5.32 Å². The lowest BCUT2D eigenvalue weighted by Crippen LogP contribution is -2.36. The molecule has 2 bridgehead atoms. The Hall–Kier alpha value is -1.62. The van der Waals surface area contributed by atoms with Crippen molar-refractivity contribution >= 4 is 33.5 Å². The van der Waals surface area contributed by atoms with E-state index in [1.165, 1.54) is 0 Å². The van der Waals surface area contributed by atoms with Crippen molar-refractivity contribution in [1.82, 2.24) is 0 Å². The number of aliphatic carboxylic acids is 1. The summed E-state index contributed by atoms with van der Waals surface area (Å²) in [5.74, 6) is -2.11. The van der Waals surface area contributed by atoms with E-state index in [1.807, 2.05) is 37.3 Å². The molecule has 1 aromatic rings. The molecule has 5 heteroatoms. The number of amides is 1. The molecule has 2 aliphatic rings. The van der Waals surface area contributed by atoms with E-state index in [0.29, 0.717) is 0 Å². The van der Waals surface area contributed by atoms with E-state index in [4.69, 9.17) is 0 Å². The minimum absolute atomic E-state index is 0.00754. The molecule has 1 saturated carbocycles. The van der Waals surface area contributed by atoms with Crippen LogP contribution in [0.5, 0.6) is 0 Å². The maximum atomic E-state index is 12.6. The zero-order valence-electron chi connectivity index (χ0n) is 11.5. The van der Waals surface area contributed by atoms with Crippen molar-refractivity contribution in [2.75, 3.05) is 5.32 Å². The van der Waals surface area contributed by atoms with Gasteiger partial charge in [0, 0.05) is 10.2 Å². The first-order chi connectivity index (χ1) is 9.97. The lowest BCUT2D eigenvalue weighted by molar-refractivity contribution is -0.146. The van der Waals surface area contributed by atoms with Gasteiger partial charge in [0.05, 0.1) is 11.8 Å². The Balaban J connectivity index is 1.83. The van der Waals surface area contributed by atoms with Gasteiger partial charge < -0.3 is 10.4 Å². The monoisotopic (exact) mass is 349 g/mol. The number of fused-ring (bicyclic) bond motifs is 2. The van der Waals surface area contributed by atoms with Crippen molar-refractivity contribution in [2.24, 2.45) is 23.7 Å². The number of anilines is 1. The Morgan fingerprint density at radius 2 is 1.90 bits per heavy atom. The molecule has 1 aromatic carbocycles. The van der Waals surface area contributed by atoms with E-state index in [9.17, 15) is 14.7 Å². The molecule has 3 rings (SSSR count). The first-order valence-corrected chi connectivity index (χ1v) is 7.75. The number of allylic oxidation sites excluding steroid dienone is 2. The molecule has 1 amide bonds. The third kappa shape index (κ3) is 2.50. The zero-order valence-corrected chi connectivity index (χ0v) is 13.1. The van der Waals surface area contributed by atoms with Crippen molar-refractivity contribution in [1.29, 1.82) is 0 Å². The van der Waals surface area contributed by atoms with Crippen LogP contribution in [0.1, 0.15) is 12.0 Å². The summed E-state index contributed by atoms with van der Waals surface area (Å²) in [5, 5.41) is 12.3. The van der Waals surface area contributed by atoms with Gasteiger partial charge in [-0.2, -0.15) is 0 Å². The summed E-state index contributed by atoms with van der Waals surface area (Å²) in [6.45, 7) is 1.91. The second-order valence-electron chi connectivity index (χ2n) is 5.79. The summed E-state index contributed by atoms with van der Waals surface area (Å²) in [4.78, 5) is 24.0. The van der Waals surface area contributed by atoms with Crippen LogP contribution >= 0.6 is 15.9 Å². The molecule has 4 unspecified atom stereocenters. The maximum Gasteiger partial charge on any atom is 0.307 e. The highest BCUT2D eigenvalue weighted by Gasteiger charge is 2.51. The van der Waals surface area contributed by atoms with E-state index in [0.717, 1.165) is 22.1 Å². The van der Waals surface area contributed by atoms with E-state index < -0.39 is 17.8 Å². The van der Waals surface area contributed by atoms with Gasteiger partial charge in [0.2, 0.25) is 5.91 Å². The molecule has 0 aliphatic heterocycles. The van der Waals surface area contributed by atoms with Gasteiger partial charge in [0.1, 0.15) is 0 Å². The SMILES string of the molecule is Cc1ccc(Br)cc1NC(=O)C1C2C=CC(C2)C1C(=O)O. The molecule has 0 saturated heterocycles. The van der Waals surface area contributed by atoms with Crippen LogP contribution in [-0.4, -0.2) is 17.0 Å². The van der Waals surface area contributed by atoms with Gasteiger partial charge >= 0.3 is 5.97 Å². The molecule has 4 atom stereocenters. The predicted molar refractivity (Wildman–Crippen MR) is 82.9 cm³/mol. The lowest BCUT2D eigenvalue weighted by atomic mass is 9.82. The standard InChI is InChI=1S/C16H16BrNO3/c1-8-2-5-11(17)7-12(8)18-15(19)13-9-3-4-10(6-9)14(13)16(20)21/h2-5,7,9-10,13-14H,6H2,1H3,(H,18,19)(H,20,21). The molecule has 110 valence electrons. The molecule has 2 aliphatic carbocycles. The Morgan fingerprint density at radius 3 is 2.57 bits per heavy atom. The number of rotatable bonds is 3. The number of aryl methyl sites for hydroxylation is 1. The topological polar surface area (TPSA) is 66.4 Å². The van der Waals surface area contributed by atoms with Gasteiger partial charge in [-0.3, -0.25) is 9.59 Å². The second kappa shape index (κ2) is 5.30. The van der Waals surface area contributed by atoms with Crippen LogP contribution in [0.4, 0.5) is 5.69 Å². The van der Waals surface area contributed by atoms with Crippen molar-refractivity contribution < 1.29 is 14.7 Å². The fourth-order valence-corrected chi connectivity index (χ4v) is 3.82. The number of carboxylic acids is 1. The molecule has 0 spiro atoms. The Labute approximate surface area is 131 Å². The number of hydrogen-bond donors (Lipinski definition) is 2. The van der Waals surface area contributed by atoms with Crippen molar-refractivity contribution in [2.45, 2.75) is 13.3 Å². The number of halogens is 1. The molecular formula is C16H16BrNO3. The normalized spacial score (nSPS) is 29.6. The van der Waals surface area contributed by atoms with Gasteiger partial charge in [0.15, 0.2) is 0 Å². The average molecular weight is 350 g/mol. The highest BCUT2D eigenvalue weighted by atomic mass is 79.9. The molecule has 0 heterocycles. The largest absolute Gasteiger partial charge is 0.481 e. The van der Waals surface area contributed by atoms with Crippen molar-refractivity contribution in [3.63, 3.8) is 0 Å². The smallest absolute Gasteiger partial charge is 0.307 e. The molecule has 21 heavy (non-hydrogen) atoms. The van der Waals surface area contributed by atoms with Crippen molar-refractivity contribution in [3.8, 4) is 0 Å². The van der Waals surface area contributed by atoms with Crippen LogP contribution in [0.2, 0.25) is 0 Å². The van der Waals surface area contributed by atoms with Gasteiger partial charge in [-0.05, 0) is 42.9 Å². The zero-order chi connectivity index (χ0) is 15.1. The molecule has 4 nitrogen and oxygen atoms in total. The van der Waals surface area contributed by atoms with Crippen LogP contribution in [-0.2, 0) is 9.59 Å². The Kier molecular flexibility index (Phi) is 3.61. The first kappa shape index (κ1) is 14.3. The molecule has 1 fully saturated rings. The number of benzene rings is 1. The predicted octanol–water partition coefficient (Wildman–Crippen LogP) is 3.22. The van der Waals surface area contributed by atoms with E-state index in [-0.39, 0.29) is 17.7 Å². The number of carbonyl (C=O) groups is 2. The van der Waals surface area contributed by atoms with Crippen LogP contribution in [0, 0.1) is 30.6 Å². The average Bonchev–Trinajstić information content (AvgIpc) is 3.03. The number of hydrogen-bond acceptors (Lipinski definition) is 2. The number of nitrogens with one attached hydrogen (secondary N) is 1. The van der Waals surface area contributed by atoms with Crippen LogP contribution in [0.3, 0.4) is 0 Å². The van der Waals surface area contributed by atoms with Gasteiger partial charge in [-0.15, -0.1) is 0 Å². The quantitative estimate of drug-likeness (QED) is 0.823. The summed E-state index contributed by atoms with van der Waals surface area (Å²) in [6.07, 6.45) is 4.70. The Morgan fingerprint density at radius 1 is 1.24 bits per heavy atom. The molecule has 0 aromatic heterocycles. The van der Waals surface area contributed by atoms with Crippen molar-refractivity contribution in [3.05, 3.63) is 40.4 Å². The summed E-state index contributed by atoms with van der Waals surface area (Å²) >= 11 is 3.38. The van der Waals surface area contributed by atoms with E-state index >= 15 is 0 Å². The second-order valence-corrected chi connectivity index (χ2v) is 6.70. The third-order valence-electron chi connectivity index (χ3n) is 4.50. The van der Waals surface area contributed by atoms with E-state index in [1.54, 1.807) is 0 Å². The minimum Gasteiger partial charge on any atom is -0.481 e. The van der Waals surface area contributed by atoms with E-state index in [2.05, 4.69) is 21.2 Å². The van der Waals surface area contributed by atoms with Gasteiger partial charge in [-0.1, -0.05) is 34.1 Å². The summed E-state index contributed by atoms with van der Waals surface area (Å²) in [5.41, 5.74) is 1.68. The fraction of sp³-hybridized carbons (Fsp3) is 0.375. The molecule has 0 radical (unpaired) electrons. The number of carboxylic acid groups (broad SMARTS) is 1. The van der Waals surface area contributed by atoms with Gasteiger partial charge in [-0.25, -0.2) is 0 Å². The third-order valence-corrected chi connectivity index (χ3v) is 5.00. The summed E-state index contributed by atoms with van der Waals surface area (Å²) in [6, 6.07) is 5.66. The minimum atomic E-state index is -0.877. The number of carbonyl (C=O) groups excluding carboxylic acids is 1. The Bertz CT molecular complexity index is 640. The highest BCUT2D eigenvalue weighted by Crippen LogP contribution is 2.48. The lowest BCUT2D eigenvalue weighted by Gasteiger charge is -2.24. The fourth-order valence-electron chi connectivity index (χ4n) is 3.46. The van der Waals surface area contributed by atoms with Crippen LogP contribution in [0.25, 0.3) is 0 Å². The molecular weight excluding hydrogens is 334 g/mol. The highest BCUT2D eigenvalue weighted by molar-refractivity contribution is 9.10. The molecule has 2 N–H and O–H groups in total. The summed E-state index contributed by atoms with van der Waals surface area (Å²) < 4.78 is 0.881. The summed E-state index contributed by atoms with van der Waals surface area (Å²) in [7, 11) is 0. The first-order valence-electron chi connectivity index (χ1n) is 6.95. The van der Waals surface area contributed by atoms with Crippen LogP contribution in [0.15, 0.2) is 34.8 Å². The maximum absolute atomic E-state index is 12.6.